The summed E-state index contributed by atoms with van der Waals surface area (Å²) in [4.78, 5) is 35.7. The van der Waals surface area contributed by atoms with Crippen LogP contribution in [0.25, 0.3) is 11.3 Å². The first-order valence-electron chi connectivity index (χ1n) is 14.0. The second-order valence-electron chi connectivity index (χ2n) is 10.4. The van der Waals surface area contributed by atoms with E-state index in [9.17, 15) is 9.59 Å². The highest BCUT2D eigenvalue weighted by atomic mass is 16.5. The molecular formula is C31H36N6O4. The summed E-state index contributed by atoms with van der Waals surface area (Å²) in [5.41, 5.74) is 7.28. The van der Waals surface area contributed by atoms with Crippen LogP contribution in [0.2, 0.25) is 0 Å². The van der Waals surface area contributed by atoms with E-state index in [2.05, 4.69) is 34.2 Å². The average molecular weight is 557 g/mol. The Morgan fingerprint density at radius 3 is 2.56 bits per heavy atom. The molecule has 0 radical (unpaired) electrons. The van der Waals surface area contributed by atoms with Crippen LogP contribution in [0.5, 0.6) is 11.5 Å². The number of carbonyl (C=O) groups is 1. The van der Waals surface area contributed by atoms with Crippen molar-refractivity contribution in [2.75, 3.05) is 13.7 Å². The molecule has 0 amide bonds. The number of aromatic amines is 1. The molecule has 0 saturated heterocycles. The van der Waals surface area contributed by atoms with Crippen LogP contribution in [0.4, 0.5) is 5.69 Å². The molecular weight excluding hydrogens is 520 g/mol. The van der Waals surface area contributed by atoms with Gasteiger partial charge in [0.1, 0.15) is 11.8 Å². The van der Waals surface area contributed by atoms with Gasteiger partial charge >= 0.3 is 5.69 Å². The number of hydrogen-bond donors (Lipinski definition) is 1. The maximum atomic E-state index is 14.1. The lowest BCUT2D eigenvalue weighted by Gasteiger charge is -2.18. The number of nitrogens with zero attached hydrogens (tertiary/aromatic N) is 5. The zero-order chi connectivity index (χ0) is 29.1. The minimum absolute atomic E-state index is 0.146. The maximum Gasteiger partial charge on any atom is 0.330 e. The summed E-state index contributed by atoms with van der Waals surface area (Å²) < 4.78 is 15.0. The monoisotopic (exact) mass is 556 g/mol. The van der Waals surface area contributed by atoms with E-state index in [1.54, 1.807) is 11.7 Å². The molecule has 3 heterocycles. The zero-order valence-corrected chi connectivity index (χ0v) is 24.3. The molecule has 4 aromatic rings. The van der Waals surface area contributed by atoms with E-state index in [1.807, 2.05) is 43.5 Å². The van der Waals surface area contributed by atoms with Crippen molar-refractivity contribution in [2.45, 2.75) is 66.5 Å². The van der Waals surface area contributed by atoms with Gasteiger partial charge in [-0.1, -0.05) is 17.7 Å². The summed E-state index contributed by atoms with van der Waals surface area (Å²) in [6.45, 7) is 9.50. The van der Waals surface area contributed by atoms with Crippen LogP contribution in [0.15, 0.2) is 46.4 Å². The Kier molecular flexibility index (Phi) is 8.19. The van der Waals surface area contributed by atoms with E-state index in [-0.39, 0.29) is 23.7 Å². The zero-order valence-electron chi connectivity index (χ0n) is 24.3. The second-order valence-corrected chi connectivity index (χ2v) is 10.4. The van der Waals surface area contributed by atoms with Crippen molar-refractivity contribution in [2.24, 2.45) is 4.99 Å². The second kappa shape index (κ2) is 12.0. The van der Waals surface area contributed by atoms with Crippen molar-refractivity contribution in [1.29, 1.82) is 0 Å². The number of aryl methyl sites for hydroxylation is 4. The lowest BCUT2D eigenvalue weighted by atomic mass is 10.0. The van der Waals surface area contributed by atoms with E-state index in [0.29, 0.717) is 43.1 Å². The van der Waals surface area contributed by atoms with Gasteiger partial charge in [0.25, 0.3) is 0 Å². The highest BCUT2D eigenvalue weighted by Gasteiger charge is 2.21. The minimum atomic E-state index is -0.156. The third-order valence-electron chi connectivity index (χ3n) is 7.41. The number of Topliss-reactive ketones (excluding diaryl/α,β-unsaturated/α-hetero) is 1. The predicted octanol–water partition coefficient (Wildman–Crippen LogP) is 4.61. The van der Waals surface area contributed by atoms with Gasteiger partial charge in [0.2, 0.25) is 0 Å². The maximum absolute atomic E-state index is 14.1. The molecule has 41 heavy (non-hydrogen) atoms. The number of aromatic nitrogens is 5. The molecule has 10 nitrogen and oxygen atoms in total. The number of ether oxygens (including phenoxy) is 2. The minimum Gasteiger partial charge on any atom is -0.493 e. The van der Waals surface area contributed by atoms with Gasteiger partial charge in [0.15, 0.2) is 23.1 Å². The molecule has 1 N–H and O–H groups in total. The third kappa shape index (κ3) is 5.73. The largest absolute Gasteiger partial charge is 0.493 e. The first-order chi connectivity index (χ1) is 19.8. The number of benzene rings is 2. The fourth-order valence-electron chi connectivity index (χ4n) is 5.59. The normalized spacial score (nSPS) is 13.0. The van der Waals surface area contributed by atoms with E-state index in [4.69, 9.17) is 14.5 Å². The summed E-state index contributed by atoms with van der Waals surface area (Å²) >= 11 is 0. The Morgan fingerprint density at radius 2 is 1.88 bits per heavy atom. The van der Waals surface area contributed by atoms with Crippen LogP contribution in [-0.4, -0.2) is 43.8 Å². The predicted molar refractivity (Wildman–Crippen MR) is 156 cm³/mol. The molecule has 214 valence electrons. The van der Waals surface area contributed by atoms with Crippen molar-refractivity contribution >= 4 is 11.5 Å². The van der Waals surface area contributed by atoms with Gasteiger partial charge in [-0.05, 0) is 75.8 Å². The number of nitrogens with one attached hydrogen (secondary N) is 1. The Morgan fingerprint density at radius 1 is 1.10 bits per heavy atom. The highest BCUT2D eigenvalue weighted by Crippen LogP contribution is 2.37. The molecule has 0 unspecified atom stereocenters. The number of ketones is 1. The number of hydrogen-bond acceptors (Lipinski definition) is 7. The van der Waals surface area contributed by atoms with E-state index in [0.717, 1.165) is 52.0 Å². The van der Waals surface area contributed by atoms with Crippen LogP contribution in [0.3, 0.4) is 0 Å². The van der Waals surface area contributed by atoms with Gasteiger partial charge in [-0.3, -0.25) is 19.0 Å². The van der Waals surface area contributed by atoms with Gasteiger partial charge in [-0.25, -0.2) is 14.8 Å². The van der Waals surface area contributed by atoms with Crippen LogP contribution < -0.4 is 20.7 Å². The van der Waals surface area contributed by atoms with Gasteiger partial charge < -0.3 is 9.47 Å². The van der Waals surface area contributed by atoms with Crippen LogP contribution in [0.1, 0.15) is 59.1 Å². The number of rotatable bonds is 9. The number of carbonyl (C=O) groups excluding carboxylic acids is 1. The summed E-state index contributed by atoms with van der Waals surface area (Å²) in [6.07, 6.45) is 3.60. The smallest absolute Gasteiger partial charge is 0.330 e. The Bertz CT molecular complexity index is 1690. The van der Waals surface area contributed by atoms with Crippen LogP contribution in [0, 0.1) is 20.8 Å². The molecule has 10 heteroatoms. The lowest BCUT2D eigenvalue weighted by Crippen LogP contribution is -2.40. The van der Waals surface area contributed by atoms with Crippen LogP contribution >= 0.6 is 0 Å². The standard InChI is InChI=1S/C31H36N6O4/c1-6-41-27-15-22-9-7-11-36-24(23(22)16-26(27)40-5)17-28(34-29-20(3)13-19(2)14-21(29)4)37(31(36)39)12-8-10-25(38)30-32-18-33-35-30/h13-18H,6-12H2,1-5H3,(H,32,33,35). The average Bonchev–Trinajstić information content (AvgIpc) is 3.42. The fourth-order valence-corrected chi connectivity index (χ4v) is 5.59. The third-order valence-corrected chi connectivity index (χ3v) is 7.41. The topological polar surface area (TPSA) is 116 Å². The van der Waals surface area contributed by atoms with Crippen molar-refractivity contribution < 1.29 is 14.3 Å². The number of methoxy groups -OCH3 is 1. The Hall–Kier alpha value is -4.47. The van der Waals surface area contributed by atoms with E-state index in [1.165, 1.54) is 6.33 Å². The van der Waals surface area contributed by atoms with Crippen molar-refractivity contribution in [3.05, 3.63) is 80.7 Å². The first kappa shape index (κ1) is 28.1. The lowest BCUT2D eigenvalue weighted by molar-refractivity contribution is 0.0968. The summed E-state index contributed by atoms with van der Waals surface area (Å²) in [7, 11) is 1.62. The van der Waals surface area contributed by atoms with Gasteiger partial charge in [-0.2, -0.15) is 5.10 Å². The SMILES string of the molecule is CCOc1cc2c(cc1OC)-c1cc(=Nc3c(C)cc(C)cc3C)n(CCCC(=O)c3ncn[nH]3)c(=O)n1CCC2. The molecule has 1 aliphatic rings. The number of H-pyrrole nitrogens is 1. The van der Waals surface area contributed by atoms with Gasteiger partial charge in [0, 0.05) is 31.1 Å². The molecule has 5 rings (SSSR count). The number of fused-ring (bicyclic) bond motifs is 3. The van der Waals surface area contributed by atoms with E-state index >= 15 is 0 Å². The van der Waals surface area contributed by atoms with Crippen molar-refractivity contribution in [3.8, 4) is 22.8 Å². The van der Waals surface area contributed by atoms with Crippen molar-refractivity contribution in [3.63, 3.8) is 0 Å². The Balaban J connectivity index is 1.67. The summed E-state index contributed by atoms with van der Waals surface area (Å²) in [5, 5.41) is 6.38. The molecule has 0 atom stereocenters. The molecule has 2 aromatic heterocycles. The van der Waals surface area contributed by atoms with E-state index < -0.39 is 0 Å². The molecule has 0 fully saturated rings. The molecule has 0 bridgehead atoms. The Labute approximate surface area is 238 Å². The van der Waals surface area contributed by atoms with Gasteiger partial charge in [0.05, 0.1) is 25.1 Å². The van der Waals surface area contributed by atoms with Crippen LogP contribution in [-0.2, 0) is 19.5 Å². The highest BCUT2D eigenvalue weighted by molar-refractivity contribution is 5.92. The molecule has 0 aliphatic carbocycles. The quantitative estimate of drug-likeness (QED) is 0.301. The summed E-state index contributed by atoms with van der Waals surface area (Å²) in [6, 6.07) is 10.2. The fraction of sp³-hybridized carbons (Fsp3) is 0.387. The summed E-state index contributed by atoms with van der Waals surface area (Å²) in [5.74, 6) is 1.40. The molecule has 2 aromatic carbocycles. The van der Waals surface area contributed by atoms with Crippen molar-refractivity contribution in [1.82, 2.24) is 24.3 Å². The molecule has 0 saturated carbocycles. The molecule has 0 spiro atoms. The first-order valence-corrected chi connectivity index (χ1v) is 14.0. The molecule has 1 aliphatic heterocycles. The van der Waals surface area contributed by atoms with Gasteiger partial charge in [-0.15, -0.1) is 0 Å².